The average Bonchev–Trinajstić information content (AvgIpc) is 2.87. The lowest BCUT2D eigenvalue weighted by Crippen LogP contribution is -1.99. The fourth-order valence-electron chi connectivity index (χ4n) is 2.00. The van der Waals surface area contributed by atoms with Gasteiger partial charge in [0.1, 0.15) is 0 Å². The van der Waals surface area contributed by atoms with Gasteiger partial charge in [0.25, 0.3) is 0 Å². The van der Waals surface area contributed by atoms with E-state index in [9.17, 15) is 4.57 Å². The minimum atomic E-state index is -2.37. The standard InChI is InChI=1S/C11H13O3P/c12-15(7-10-11(8-15)14-10)13-6-9-4-2-1-3-5-9/h1-5,10-11H,6-8H2. The molecule has 80 valence electrons. The molecule has 0 N–H and O–H groups in total. The number of rotatable bonds is 3. The van der Waals surface area contributed by atoms with Crippen molar-refractivity contribution in [2.24, 2.45) is 0 Å². The van der Waals surface area contributed by atoms with Crippen LogP contribution in [0.3, 0.4) is 0 Å². The minimum Gasteiger partial charge on any atom is -0.368 e. The SMILES string of the molecule is O=P1(OCc2ccccc2)CC2OC2C1. The van der Waals surface area contributed by atoms with Crippen LogP contribution in [0.5, 0.6) is 0 Å². The predicted molar refractivity (Wildman–Crippen MR) is 57.2 cm³/mol. The first-order chi connectivity index (χ1) is 7.25. The summed E-state index contributed by atoms with van der Waals surface area (Å²) in [5.74, 6) is 0. The largest absolute Gasteiger partial charge is 0.368 e. The van der Waals surface area contributed by atoms with E-state index in [-0.39, 0.29) is 12.2 Å². The number of fused-ring (bicyclic) bond motifs is 1. The predicted octanol–water partition coefficient (Wildman–Crippen LogP) is 2.26. The van der Waals surface area contributed by atoms with Crippen molar-refractivity contribution in [1.29, 1.82) is 0 Å². The van der Waals surface area contributed by atoms with E-state index in [0.29, 0.717) is 18.9 Å². The molecule has 2 aliphatic rings. The minimum absolute atomic E-state index is 0.228. The number of ether oxygens (including phenoxy) is 1. The van der Waals surface area contributed by atoms with Crippen LogP contribution in [0.1, 0.15) is 5.56 Å². The molecule has 2 fully saturated rings. The van der Waals surface area contributed by atoms with Crippen LogP contribution in [0.4, 0.5) is 0 Å². The molecule has 2 unspecified atom stereocenters. The Labute approximate surface area is 88.8 Å². The van der Waals surface area contributed by atoms with Crippen molar-refractivity contribution >= 4 is 7.37 Å². The molecule has 1 aromatic rings. The molecule has 0 spiro atoms. The first kappa shape index (κ1) is 9.59. The molecular weight excluding hydrogens is 211 g/mol. The molecule has 2 atom stereocenters. The van der Waals surface area contributed by atoms with Gasteiger partial charge < -0.3 is 9.26 Å². The van der Waals surface area contributed by atoms with E-state index in [1.54, 1.807) is 0 Å². The van der Waals surface area contributed by atoms with Crippen LogP contribution in [0.25, 0.3) is 0 Å². The van der Waals surface area contributed by atoms with Crippen molar-refractivity contribution in [3.8, 4) is 0 Å². The highest BCUT2D eigenvalue weighted by atomic mass is 31.2. The maximum absolute atomic E-state index is 12.1. The summed E-state index contributed by atoms with van der Waals surface area (Å²) in [7, 11) is -2.37. The van der Waals surface area contributed by atoms with Crippen LogP contribution in [-0.4, -0.2) is 24.5 Å². The van der Waals surface area contributed by atoms with Crippen LogP contribution in [0.15, 0.2) is 30.3 Å². The summed E-state index contributed by atoms with van der Waals surface area (Å²) in [6.45, 7) is 0.456. The van der Waals surface area contributed by atoms with Gasteiger partial charge in [-0.15, -0.1) is 0 Å². The fraction of sp³-hybridized carbons (Fsp3) is 0.455. The molecule has 0 saturated carbocycles. The van der Waals surface area contributed by atoms with Crippen LogP contribution in [-0.2, 0) is 20.4 Å². The number of benzene rings is 1. The second kappa shape index (κ2) is 3.44. The Morgan fingerprint density at radius 3 is 2.60 bits per heavy atom. The second-order valence-electron chi connectivity index (χ2n) is 4.15. The Balaban J connectivity index is 1.60. The van der Waals surface area contributed by atoms with Crippen molar-refractivity contribution in [2.45, 2.75) is 18.8 Å². The zero-order valence-electron chi connectivity index (χ0n) is 8.33. The van der Waals surface area contributed by atoms with E-state index in [0.717, 1.165) is 5.56 Å². The molecule has 2 aliphatic heterocycles. The van der Waals surface area contributed by atoms with E-state index in [1.165, 1.54) is 0 Å². The van der Waals surface area contributed by atoms with E-state index < -0.39 is 7.37 Å². The first-order valence-electron chi connectivity index (χ1n) is 5.17. The molecule has 15 heavy (non-hydrogen) atoms. The molecule has 0 amide bonds. The van der Waals surface area contributed by atoms with Gasteiger partial charge in [0, 0.05) is 0 Å². The summed E-state index contributed by atoms with van der Waals surface area (Å²) in [5.41, 5.74) is 1.08. The van der Waals surface area contributed by atoms with Crippen molar-refractivity contribution < 1.29 is 13.8 Å². The molecule has 0 aliphatic carbocycles. The van der Waals surface area contributed by atoms with E-state index in [4.69, 9.17) is 9.26 Å². The number of hydrogen-bond acceptors (Lipinski definition) is 3. The highest BCUT2D eigenvalue weighted by molar-refractivity contribution is 7.59. The molecule has 3 rings (SSSR count). The quantitative estimate of drug-likeness (QED) is 0.584. The highest BCUT2D eigenvalue weighted by Gasteiger charge is 2.54. The average molecular weight is 224 g/mol. The van der Waals surface area contributed by atoms with Gasteiger partial charge in [-0.25, -0.2) is 0 Å². The monoisotopic (exact) mass is 224 g/mol. The van der Waals surface area contributed by atoms with Crippen molar-refractivity contribution in [3.63, 3.8) is 0 Å². The molecule has 2 heterocycles. The third-order valence-electron chi connectivity index (χ3n) is 2.91. The Hall–Kier alpha value is -0.630. The van der Waals surface area contributed by atoms with E-state index >= 15 is 0 Å². The van der Waals surface area contributed by atoms with Crippen LogP contribution in [0, 0.1) is 0 Å². The summed E-state index contributed by atoms with van der Waals surface area (Å²) in [4.78, 5) is 0. The molecule has 0 aromatic heterocycles. The zero-order valence-corrected chi connectivity index (χ0v) is 9.23. The summed E-state index contributed by atoms with van der Waals surface area (Å²) in [6.07, 6.45) is 1.69. The maximum atomic E-state index is 12.1. The summed E-state index contributed by atoms with van der Waals surface area (Å²) < 4.78 is 22.9. The van der Waals surface area contributed by atoms with E-state index in [2.05, 4.69) is 0 Å². The Bertz CT molecular complexity index is 390. The fourth-order valence-corrected chi connectivity index (χ4v) is 4.48. The number of hydrogen-bond donors (Lipinski definition) is 0. The van der Waals surface area contributed by atoms with Gasteiger partial charge in [0.15, 0.2) is 0 Å². The lowest BCUT2D eigenvalue weighted by atomic mass is 10.2. The van der Waals surface area contributed by atoms with Gasteiger partial charge in [-0.3, -0.25) is 4.57 Å². The lowest BCUT2D eigenvalue weighted by Gasteiger charge is -2.13. The second-order valence-corrected chi connectivity index (χ2v) is 6.77. The first-order valence-corrected chi connectivity index (χ1v) is 7.17. The molecular formula is C11H13O3P. The summed E-state index contributed by atoms with van der Waals surface area (Å²) >= 11 is 0. The van der Waals surface area contributed by atoms with Gasteiger partial charge in [-0.05, 0) is 5.56 Å². The normalized spacial score (nSPS) is 37.6. The highest BCUT2D eigenvalue weighted by Crippen LogP contribution is 2.60. The van der Waals surface area contributed by atoms with Gasteiger partial charge in [-0.1, -0.05) is 30.3 Å². The topological polar surface area (TPSA) is 38.8 Å². The Morgan fingerprint density at radius 1 is 1.27 bits per heavy atom. The van der Waals surface area contributed by atoms with Crippen molar-refractivity contribution in [1.82, 2.24) is 0 Å². The Kier molecular flexibility index (Phi) is 2.20. The maximum Gasteiger partial charge on any atom is 0.208 e. The van der Waals surface area contributed by atoms with Gasteiger partial charge in [0.05, 0.1) is 31.1 Å². The van der Waals surface area contributed by atoms with Crippen molar-refractivity contribution in [2.75, 3.05) is 12.3 Å². The smallest absolute Gasteiger partial charge is 0.208 e. The molecule has 0 radical (unpaired) electrons. The molecule has 2 saturated heterocycles. The Morgan fingerprint density at radius 2 is 1.93 bits per heavy atom. The van der Waals surface area contributed by atoms with Gasteiger partial charge in [0.2, 0.25) is 7.37 Å². The van der Waals surface area contributed by atoms with Gasteiger partial charge in [-0.2, -0.15) is 0 Å². The number of epoxide rings is 1. The summed E-state index contributed by atoms with van der Waals surface area (Å²) in [5, 5.41) is 0. The molecule has 4 heteroatoms. The molecule has 3 nitrogen and oxygen atoms in total. The zero-order chi connectivity index (χ0) is 10.3. The lowest BCUT2D eigenvalue weighted by molar-refractivity contribution is 0.288. The third kappa shape index (κ3) is 2.00. The molecule has 1 aromatic carbocycles. The van der Waals surface area contributed by atoms with E-state index in [1.807, 2.05) is 30.3 Å². The summed E-state index contributed by atoms with van der Waals surface area (Å²) in [6, 6.07) is 9.86. The van der Waals surface area contributed by atoms with Gasteiger partial charge >= 0.3 is 0 Å². The van der Waals surface area contributed by atoms with Crippen LogP contribution in [0.2, 0.25) is 0 Å². The third-order valence-corrected chi connectivity index (χ3v) is 5.35. The molecule has 0 bridgehead atoms. The van der Waals surface area contributed by atoms with Crippen molar-refractivity contribution in [3.05, 3.63) is 35.9 Å². The van der Waals surface area contributed by atoms with Crippen LogP contribution >= 0.6 is 7.37 Å². The van der Waals surface area contributed by atoms with Crippen LogP contribution < -0.4 is 0 Å².